The topological polar surface area (TPSA) is 62.3 Å². The molecule has 110 valence electrons. The van der Waals surface area contributed by atoms with Gasteiger partial charge < -0.3 is 15.2 Å². The van der Waals surface area contributed by atoms with Gasteiger partial charge in [0.1, 0.15) is 18.2 Å². The minimum absolute atomic E-state index is 0.422. The Bertz CT molecular complexity index is 590. The average Bonchev–Trinajstić information content (AvgIpc) is 2.78. The van der Waals surface area contributed by atoms with E-state index in [0.29, 0.717) is 18.2 Å². The van der Waals surface area contributed by atoms with Crippen molar-refractivity contribution in [3.8, 4) is 5.75 Å². The monoisotopic (exact) mass is 293 g/mol. The zero-order valence-corrected chi connectivity index (χ0v) is 13.6. The molecule has 0 atom stereocenters. The average molecular weight is 293 g/mol. The first-order chi connectivity index (χ1) is 9.42. The van der Waals surface area contributed by atoms with Crippen molar-refractivity contribution in [2.45, 2.75) is 32.4 Å². The van der Waals surface area contributed by atoms with Gasteiger partial charge in [-0.25, -0.2) is 4.68 Å². The van der Waals surface area contributed by atoms with Gasteiger partial charge in [0.05, 0.1) is 18.8 Å². The first-order valence-electron chi connectivity index (χ1n) is 6.78. The number of methoxy groups -OCH3 is 1. The van der Waals surface area contributed by atoms with Crippen molar-refractivity contribution >= 4 is 24.7 Å². The van der Waals surface area contributed by atoms with Gasteiger partial charge in [-0.2, -0.15) is 5.10 Å². The SMILES string of the molecule is COc1ccc2cnn(COCC[Si](C)(C)C)c2c1N. The predicted molar refractivity (Wildman–Crippen MR) is 84.8 cm³/mol. The fourth-order valence-electron chi connectivity index (χ4n) is 1.99. The molecule has 6 heteroatoms. The zero-order valence-electron chi connectivity index (χ0n) is 12.6. The number of nitrogens with zero attached hydrogens (tertiary/aromatic N) is 2. The molecular formula is C14H23N3O2Si. The highest BCUT2D eigenvalue weighted by molar-refractivity contribution is 6.76. The molecule has 0 aliphatic heterocycles. The summed E-state index contributed by atoms with van der Waals surface area (Å²) in [6, 6.07) is 4.96. The highest BCUT2D eigenvalue weighted by Gasteiger charge is 2.13. The molecule has 1 aromatic carbocycles. The molecule has 0 amide bonds. The lowest BCUT2D eigenvalue weighted by molar-refractivity contribution is 0.0817. The maximum atomic E-state index is 6.11. The highest BCUT2D eigenvalue weighted by Crippen LogP contribution is 2.30. The summed E-state index contributed by atoms with van der Waals surface area (Å²) in [5.41, 5.74) is 7.59. The molecule has 2 aromatic rings. The van der Waals surface area contributed by atoms with Crippen molar-refractivity contribution in [3.05, 3.63) is 18.3 Å². The summed E-state index contributed by atoms with van der Waals surface area (Å²) in [6.45, 7) is 8.19. The van der Waals surface area contributed by atoms with Crippen LogP contribution in [0.15, 0.2) is 18.3 Å². The number of rotatable bonds is 6. The molecule has 0 bridgehead atoms. The second-order valence-electron chi connectivity index (χ2n) is 6.11. The quantitative estimate of drug-likeness (QED) is 0.505. The van der Waals surface area contributed by atoms with Crippen LogP contribution in [0.4, 0.5) is 5.69 Å². The van der Waals surface area contributed by atoms with Gasteiger partial charge in [0.15, 0.2) is 0 Å². The number of hydrogen-bond acceptors (Lipinski definition) is 4. The van der Waals surface area contributed by atoms with E-state index in [-0.39, 0.29) is 0 Å². The van der Waals surface area contributed by atoms with Crippen molar-refractivity contribution in [2.24, 2.45) is 0 Å². The van der Waals surface area contributed by atoms with Crippen LogP contribution in [0.25, 0.3) is 10.9 Å². The van der Waals surface area contributed by atoms with Crippen LogP contribution in [0.1, 0.15) is 0 Å². The maximum absolute atomic E-state index is 6.11. The summed E-state index contributed by atoms with van der Waals surface area (Å²) in [6.07, 6.45) is 1.80. The number of anilines is 1. The van der Waals surface area contributed by atoms with Gasteiger partial charge in [-0.05, 0) is 18.2 Å². The molecule has 0 fully saturated rings. The van der Waals surface area contributed by atoms with Gasteiger partial charge in [0, 0.05) is 20.1 Å². The minimum atomic E-state index is -1.06. The van der Waals surface area contributed by atoms with E-state index in [1.54, 1.807) is 18.0 Å². The van der Waals surface area contributed by atoms with Gasteiger partial charge >= 0.3 is 0 Å². The van der Waals surface area contributed by atoms with E-state index in [0.717, 1.165) is 23.6 Å². The minimum Gasteiger partial charge on any atom is -0.495 e. The van der Waals surface area contributed by atoms with E-state index in [1.165, 1.54) is 0 Å². The van der Waals surface area contributed by atoms with Crippen LogP contribution in [0, 0.1) is 0 Å². The molecular weight excluding hydrogens is 270 g/mol. The Hall–Kier alpha value is -1.53. The molecule has 0 radical (unpaired) electrons. The number of aromatic nitrogens is 2. The van der Waals surface area contributed by atoms with Gasteiger partial charge in [-0.15, -0.1) is 0 Å². The Balaban J connectivity index is 2.11. The lowest BCUT2D eigenvalue weighted by Crippen LogP contribution is -2.22. The largest absolute Gasteiger partial charge is 0.495 e. The Morgan fingerprint density at radius 1 is 1.30 bits per heavy atom. The van der Waals surface area contributed by atoms with Crippen LogP contribution in [0.2, 0.25) is 25.7 Å². The van der Waals surface area contributed by atoms with Crippen LogP contribution >= 0.6 is 0 Å². The summed E-state index contributed by atoms with van der Waals surface area (Å²) >= 11 is 0. The Morgan fingerprint density at radius 2 is 2.05 bits per heavy atom. The smallest absolute Gasteiger partial charge is 0.144 e. The Labute approximate surface area is 120 Å². The molecule has 20 heavy (non-hydrogen) atoms. The van der Waals surface area contributed by atoms with Crippen molar-refractivity contribution in [1.29, 1.82) is 0 Å². The van der Waals surface area contributed by atoms with Gasteiger partial charge in [-0.3, -0.25) is 0 Å². The molecule has 2 rings (SSSR count). The maximum Gasteiger partial charge on any atom is 0.144 e. The third-order valence-electron chi connectivity index (χ3n) is 3.23. The molecule has 0 unspecified atom stereocenters. The molecule has 0 aliphatic rings. The predicted octanol–water partition coefficient (Wildman–Crippen LogP) is 2.94. The lowest BCUT2D eigenvalue weighted by atomic mass is 10.2. The summed E-state index contributed by atoms with van der Waals surface area (Å²) in [4.78, 5) is 0. The molecule has 0 saturated heterocycles. The summed E-state index contributed by atoms with van der Waals surface area (Å²) in [5, 5.41) is 5.33. The van der Waals surface area contributed by atoms with Crippen LogP contribution < -0.4 is 10.5 Å². The third kappa shape index (κ3) is 3.32. The van der Waals surface area contributed by atoms with E-state index in [4.69, 9.17) is 15.2 Å². The summed E-state index contributed by atoms with van der Waals surface area (Å²) in [5.74, 6) is 0.668. The summed E-state index contributed by atoms with van der Waals surface area (Å²) in [7, 11) is 0.556. The lowest BCUT2D eigenvalue weighted by Gasteiger charge is -2.15. The molecule has 2 N–H and O–H groups in total. The van der Waals surface area contributed by atoms with E-state index in [2.05, 4.69) is 24.7 Å². The molecule has 0 saturated carbocycles. The first-order valence-corrected chi connectivity index (χ1v) is 10.5. The van der Waals surface area contributed by atoms with E-state index >= 15 is 0 Å². The van der Waals surface area contributed by atoms with E-state index in [9.17, 15) is 0 Å². The van der Waals surface area contributed by atoms with Crippen molar-refractivity contribution in [1.82, 2.24) is 9.78 Å². The zero-order chi connectivity index (χ0) is 14.8. The number of nitrogen functional groups attached to an aromatic ring is 1. The molecule has 0 spiro atoms. The number of benzene rings is 1. The van der Waals surface area contributed by atoms with E-state index < -0.39 is 8.07 Å². The highest BCUT2D eigenvalue weighted by atomic mass is 28.3. The van der Waals surface area contributed by atoms with Gasteiger partial charge in [-0.1, -0.05) is 19.6 Å². The van der Waals surface area contributed by atoms with Gasteiger partial charge in [0.2, 0.25) is 0 Å². The second-order valence-corrected chi connectivity index (χ2v) is 11.7. The molecule has 5 nitrogen and oxygen atoms in total. The third-order valence-corrected chi connectivity index (χ3v) is 4.94. The Morgan fingerprint density at radius 3 is 2.70 bits per heavy atom. The first kappa shape index (κ1) is 14.9. The molecule has 1 aromatic heterocycles. The number of nitrogens with two attached hydrogens (primary N) is 1. The fourth-order valence-corrected chi connectivity index (χ4v) is 2.75. The second kappa shape index (κ2) is 5.84. The number of hydrogen-bond donors (Lipinski definition) is 1. The van der Waals surface area contributed by atoms with Crippen molar-refractivity contribution in [3.63, 3.8) is 0 Å². The van der Waals surface area contributed by atoms with Gasteiger partial charge in [0.25, 0.3) is 0 Å². The standard InChI is InChI=1S/C14H23N3O2Si/c1-18-12-6-5-11-9-16-17(14(11)13(12)15)10-19-7-8-20(2,3)4/h5-6,9H,7-8,10,15H2,1-4H3. The van der Waals surface area contributed by atoms with Crippen molar-refractivity contribution in [2.75, 3.05) is 19.5 Å². The van der Waals surface area contributed by atoms with Crippen molar-refractivity contribution < 1.29 is 9.47 Å². The normalized spacial score (nSPS) is 12.0. The number of fused-ring (bicyclic) bond motifs is 1. The van der Waals surface area contributed by atoms with Crippen LogP contribution in [-0.4, -0.2) is 31.6 Å². The van der Waals surface area contributed by atoms with Crippen LogP contribution in [0.3, 0.4) is 0 Å². The van der Waals surface area contributed by atoms with Crippen LogP contribution in [0.5, 0.6) is 5.75 Å². The number of ether oxygens (including phenoxy) is 2. The molecule has 0 aliphatic carbocycles. The molecule has 1 heterocycles. The fraction of sp³-hybridized carbons (Fsp3) is 0.500. The Kier molecular flexibility index (Phi) is 4.34. The summed E-state index contributed by atoms with van der Waals surface area (Å²) < 4.78 is 12.8. The van der Waals surface area contributed by atoms with Crippen LogP contribution in [-0.2, 0) is 11.5 Å². The van der Waals surface area contributed by atoms with E-state index in [1.807, 2.05) is 12.1 Å².